The first kappa shape index (κ1) is 18.6. The predicted molar refractivity (Wildman–Crippen MR) is 93.4 cm³/mol. The quantitative estimate of drug-likeness (QED) is 0.816. The summed E-state index contributed by atoms with van der Waals surface area (Å²) in [6.07, 6.45) is 0.901. The zero-order chi connectivity index (χ0) is 18.1. The summed E-state index contributed by atoms with van der Waals surface area (Å²) in [5.41, 5.74) is 0.662. The van der Waals surface area contributed by atoms with Gasteiger partial charge in [-0.15, -0.1) is 0 Å². The maximum absolute atomic E-state index is 13.2. The summed E-state index contributed by atoms with van der Waals surface area (Å²) in [5, 5.41) is -0.989. The van der Waals surface area contributed by atoms with E-state index in [1.807, 2.05) is 13.8 Å². The molecule has 24 heavy (non-hydrogen) atoms. The molecule has 0 radical (unpaired) electrons. The summed E-state index contributed by atoms with van der Waals surface area (Å²) in [6, 6.07) is 8.15. The lowest BCUT2D eigenvalue weighted by Crippen LogP contribution is -2.37. The van der Waals surface area contributed by atoms with Crippen molar-refractivity contribution in [3.05, 3.63) is 41.5 Å². The van der Waals surface area contributed by atoms with E-state index in [2.05, 4.69) is 0 Å². The van der Waals surface area contributed by atoms with E-state index >= 15 is 0 Å². The maximum Gasteiger partial charge on any atom is 0.185 e. The number of rotatable bonds is 5. The second-order valence-corrected chi connectivity index (χ2v) is 9.23. The van der Waals surface area contributed by atoms with Gasteiger partial charge >= 0.3 is 0 Å². The first-order chi connectivity index (χ1) is 11.1. The van der Waals surface area contributed by atoms with Crippen LogP contribution in [-0.2, 0) is 19.4 Å². The van der Waals surface area contributed by atoms with Gasteiger partial charge in [-0.2, -0.15) is 0 Å². The van der Waals surface area contributed by atoms with E-state index in [-0.39, 0.29) is 22.9 Å². The third-order valence-electron chi connectivity index (χ3n) is 4.77. The molecule has 0 saturated heterocycles. The molecule has 1 aromatic rings. The minimum atomic E-state index is -3.75. The summed E-state index contributed by atoms with van der Waals surface area (Å²) in [5.74, 6) is -0.227. The van der Waals surface area contributed by atoms with Crippen LogP contribution in [-0.4, -0.2) is 25.2 Å². The van der Waals surface area contributed by atoms with E-state index in [0.717, 1.165) is 0 Å². The molecule has 1 atom stereocenters. The topological polar surface area (TPSA) is 68.3 Å². The van der Waals surface area contributed by atoms with Crippen molar-refractivity contribution in [1.29, 1.82) is 0 Å². The average Bonchev–Trinajstić information content (AvgIpc) is 2.51. The Morgan fingerprint density at radius 1 is 1.21 bits per heavy atom. The molecule has 0 aliphatic heterocycles. The molecule has 4 nitrogen and oxygen atoms in total. The summed E-state index contributed by atoms with van der Waals surface area (Å²) >= 11 is 0. The minimum Gasteiger partial charge on any atom is -0.300 e. The van der Waals surface area contributed by atoms with Crippen LogP contribution in [0.5, 0.6) is 0 Å². The van der Waals surface area contributed by atoms with E-state index in [9.17, 15) is 18.0 Å². The second kappa shape index (κ2) is 6.63. The number of benzene rings is 1. The first-order valence-electron chi connectivity index (χ1n) is 8.10. The van der Waals surface area contributed by atoms with Gasteiger partial charge in [0.1, 0.15) is 5.78 Å². The fourth-order valence-corrected chi connectivity index (χ4v) is 5.61. The highest BCUT2D eigenvalue weighted by Crippen LogP contribution is 2.44. The van der Waals surface area contributed by atoms with Crippen molar-refractivity contribution >= 4 is 21.4 Å². The van der Waals surface area contributed by atoms with Crippen LogP contribution in [0.1, 0.15) is 47.0 Å². The normalized spacial score (nSPS) is 19.2. The van der Waals surface area contributed by atoms with Crippen LogP contribution in [0, 0.1) is 5.41 Å². The van der Waals surface area contributed by atoms with Crippen LogP contribution >= 0.6 is 0 Å². The van der Waals surface area contributed by atoms with Crippen molar-refractivity contribution in [1.82, 2.24) is 0 Å². The predicted octanol–water partition coefficient (Wildman–Crippen LogP) is 3.51. The van der Waals surface area contributed by atoms with Gasteiger partial charge in [-0.3, -0.25) is 9.59 Å². The molecule has 1 unspecified atom stereocenters. The molecule has 0 spiro atoms. The number of ketones is 2. The molecule has 0 heterocycles. The Labute approximate surface area is 143 Å². The lowest BCUT2D eigenvalue weighted by Gasteiger charge is -2.38. The second-order valence-electron chi connectivity index (χ2n) is 7.10. The van der Waals surface area contributed by atoms with Gasteiger partial charge in [0.2, 0.25) is 0 Å². The van der Waals surface area contributed by atoms with Gasteiger partial charge in [-0.05, 0) is 49.0 Å². The molecule has 0 bridgehead atoms. The summed E-state index contributed by atoms with van der Waals surface area (Å²) in [4.78, 5) is 24.2. The Balaban J connectivity index is 2.68. The average molecular weight is 348 g/mol. The molecule has 0 fully saturated rings. The molecular weight excluding hydrogens is 324 g/mol. The van der Waals surface area contributed by atoms with E-state index in [4.69, 9.17) is 0 Å². The smallest absolute Gasteiger partial charge is 0.185 e. The molecular formula is C19H24O4S. The molecule has 1 aliphatic carbocycles. The highest BCUT2D eigenvalue weighted by atomic mass is 32.2. The van der Waals surface area contributed by atoms with Crippen molar-refractivity contribution in [3.63, 3.8) is 0 Å². The summed E-state index contributed by atoms with van der Waals surface area (Å²) in [7, 11) is -3.75. The van der Waals surface area contributed by atoms with E-state index < -0.39 is 20.5 Å². The number of carbonyl (C=O) groups is 2. The molecule has 2 rings (SSSR count). The molecule has 5 heteroatoms. The van der Waals surface area contributed by atoms with Gasteiger partial charge in [0.25, 0.3) is 0 Å². The van der Waals surface area contributed by atoms with Gasteiger partial charge in [-0.25, -0.2) is 8.42 Å². The standard InChI is InChI=1S/C19H24O4S/c1-13(20)12-17(24(22,23)15-8-6-5-7-9-15)18-14(2)16(21)10-11-19(18,3)4/h5-9,17H,10-12H2,1-4H3. The Morgan fingerprint density at radius 3 is 2.33 bits per heavy atom. The number of hydrogen-bond donors (Lipinski definition) is 0. The summed E-state index contributed by atoms with van der Waals surface area (Å²) < 4.78 is 26.4. The molecule has 0 aromatic heterocycles. The molecule has 130 valence electrons. The van der Waals surface area contributed by atoms with Crippen molar-refractivity contribution in [2.24, 2.45) is 5.41 Å². The monoisotopic (exact) mass is 348 g/mol. The zero-order valence-corrected chi connectivity index (χ0v) is 15.4. The molecule has 1 aliphatic rings. The van der Waals surface area contributed by atoms with Gasteiger partial charge in [-0.1, -0.05) is 32.0 Å². The first-order valence-corrected chi connectivity index (χ1v) is 9.65. The Morgan fingerprint density at radius 2 is 1.79 bits per heavy atom. The number of hydrogen-bond acceptors (Lipinski definition) is 4. The highest BCUT2D eigenvalue weighted by Gasteiger charge is 2.42. The number of sulfone groups is 1. The van der Waals surface area contributed by atoms with E-state index in [1.54, 1.807) is 25.1 Å². The Kier molecular flexibility index (Phi) is 5.14. The highest BCUT2D eigenvalue weighted by molar-refractivity contribution is 7.92. The van der Waals surface area contributed by atoms with Crippen LogP contribution in [0.2, 0.25) is 0 Å². The van der Waals surface area contributed by atoms with Crippen LogP contribution in [0.3, 0.4) is 0 Å². The fraction of sp³-hybridized carbons (Fsp3) is 0.474. The molecule has 0 N–H and O–H groups in total. The fourth-order valence-electron chi connectivity index (χ4n) is 3.49. The number of allylic oxidation sites excluding steroid dienone is 1. The van der Waals surface area contributed by atoms with Crippen LogP contribution in [0.25, 0.3) is 0 Å². The van der Waals surface area contributed by atoms with Crippen molar-refractivity contribution in [2.75, 3.05) is 0 Å². The van der Waals surface area contributed by atoms with Gasteiger partial charge in [0.05, 0.1) is 10.1 Å². The van der Waals surface area contributed by atoms with E-state index in [1.165, 1.54) is 19.1 Å². The Bertz CT molecular complexity index is 786. The van der Waals surface area contributed by atoms with Crippen molar-refractivity contribution in [3.8, 4) is 0 Å². The van der Waals surface area contributed by atoms with Crippen molar-refractivity contribution in [2.45, 2.75) is 57.1 Å². The lowest BCUT2D eigenvalue weighted by molar-refractivity contribution is -0.118. The third-order valence-corrected chi connectivity index (χ3v) is 6.85. The summed E-state index contributed by atoms with van der Waals surface area (Å²) in [6.45, 7) is 6.98. The van der Waals surface area contributed by atoms with Gasteiger partial charge in [0.15, 0.2) is 15.6 Å². The van der Waals surface area contributed by atoms with Crippen molar-refractivity contribution < 1.29 is 18.0 Å². The van der Waals surface area contributed by atoms with Gasteiger partial charge in [0, 0.05) is 12.8 Å². The third kappa shape index (κ3) is 3.51. The maximum atomic E-state index is 13.2. The van der Waals surface area contributed by atoms with Crippen LogP contribution < -0.4 is 0 Å². The van der Waals surface area contributed by atoms with Gasteiger partial charge < -0.3 is 0 Å². The van der Waals surface area contributed by atoms with Crippen LogP contribution in [0.4, 0.5) is 0 Å². The largest absolute Gasteiger partial charge is 0.300 e. The molecule has 0 saturated carbocycles. The Hall–Kier alpha value is -1.75. The lowest BCUT2D eigenvalue weighted by atomic mass is 9.70. The van der Waals surface area contributed by atoms with E-state index in [0.29, 0.717) is 24.0 Å². The van der Waals surface area contributed by atoms with Crippen LogP contribution in [0.15, 0.2) is 46.4 Å². The zero-order valence-electron chi connectivity index (χ0n) is 14.6. The number of carbonyl (C=O) groups excluding carboxylic acids is 2. The number of Topliss-reactive ketones (excluding diaryl/α,β-unsaturated/α-hetero) is 2. The minimum absolute atomic E-state index is 0.0267. The SMILES string of the molecule is CC(=O)CC(C1=C(C)C(=O)CCC1(C)C)S(=O)(=O)c1ccccc1. The molecule has 1 aromatic carbocycles. The molecule has 0 amide bonds.